The van der Waals surface area contributed by atoms with Gasteiger partial charge in [0.15, 0.2) is 5.43 Å². The molecule has 122 valence electrons. The van der Waals surface area contributed by atoms with Gasteiger partial charge in [0.25, 0.3) is 5.91 Å². The topological polar surface area (TPSA) is 65.8 Å². The quantitative estimate of drug-likeness (QED) is 0.868. The summed E-state index contributed by atoms with van der Waals surface area (Å²) in [7, 11) is 5.60. The van der Waals surface area contributed by atoms with Crippen LogP contribution in [0.25, 0.3) is 0 Å². The van der Waals surface area contributed by atoms with Crippen LogP contribution in [0.3, 0.4) is 0 Å². The molecule has 1 aliphatic rings. The molecule has 1 atom stereocenters. The molecule has 0 saturated carbocycles. The molecule has 1 amide bonds. The Balaban J connectivity index is 2.23. The zero-order valence-electron chi connectivity index (χ0n) is 13.8. The van der Waals surface area contributed by atoms with Crippen molar-refractivity contribution in [3.8, 4) is 0 Å². The third-order valence-electron chi connectivity index (χ3n) is 4.17. The summed E-state index contributed by atoms with van der Waals surface area (Å²) in [5.41, 5.74) is -0.193. The molecule has 0 aliphatic carbocycles. The van der Waals surface area contributed by atoms with Gasteiger partial charge in [-0.1, -0.05) is 0 Å². The third kappa shape index (κ3) is 3.56. The van der Waals surface area contributed by atoms with Crippen LogP contribution in [0, 0.1) is 6.92 Å². The number of hydrogen-bond acceptors (Lipinski definition) is 4. The van der Waals surface area contributed by atoms with E-state index in [1.165, 1.54) is 6.07 Å². The largest absolute Gasteiger partial charge is 0.387 e. The number of piperidine rings is 1. The Morgan fingerprint density at radius 1 is 1.45 bits per heavy atom. The zero-order chi connectivity index (χ0) is 16.5. The number of carbonyl (C=O) groups is 1. The third-order valence-corrected chi connectivity index (χ3v) is 4.17. The molecule has 0 spiro atoms. The molecule has 0 radical (unpaired) electrons. The molecule has 1 aliphatic heterocycles. The molecule has 1 N–H and O–H groups in total. The van der Waals surface area contributed by atoms with Gasteiger partial charge in [-0.15, -0.1) is 0 Å². The number of nitrogens with zero attached hydrogens (tertiary/aromatic N) is 3. The fourth-order valence-corrected chi connectivity index (χ4v) is 3.06. The highest BCUT2D eigenvalue weighted by molar-refractivity contribution is 5.94. The summed E-state index contributed by atoms with van der Waals surface area (Å²) in [6.45, 7) is 3.17. The van der Waals surface area contributed by atoms with Gasteiger partial charge in [-0.2, -0.15) is 0 Å². The van der Waals surface area contributed by atoms with E-state index >= 15 is 0 Å². The summed E-state index contributed by atoms with van der Waals surface area (Å²) in [6.07, 6.45) is 2.99. The van der Waals surface area contributed by atoms with Crippen LogP contribution < -0.4 is 5.43 Å². The Labute approximate surface area is 131 Å². The minimum Gasteiger partial charge on any atom is -0.387 e. The summed E-state index contributed by atoms with van der Waals surface area (Å²) >= 11 is 0. The van der Waals surface area contributed by atoms with E-state index in [0.29, 0.717) is 19.5 Å². The first-order valence-electron chi connectivity index (χ1n) is 7.55. The Bertz CT molecular complexity index is 624. The van der Waals surface area contributed by atoms with Crippen LogP contribution in [0.5, 0.6) is 0 Å². The Hall–Kier alpha value is -1.66. The van der Waals surface area contributed by atoms with Crippen LogP contribution in [0.15, 0.2) is 17.1 Å². The molecule has 0 aromatic carbocycles. The summed E-state index contributed by atoms with van der Waals surface area (Å²) in [5.74, 6) is -0.294. The average Bonchev–Trinajstić information content (AvgIpc) is 2.40. The first kappa shape index (κ1) is 16.7. The predicted octanol–water partition coefficient (Wildman–Crippen LogP) is 0.222. The van der Waals surface area contributed by atoms with Gasteiger partial charge in [0.1, 0.15) is 5.56 Å². The molecular formula is C16H25N3O3. The molecule has 6 heteroatoms. The normalized spacial score (nSPS) is 22.2. The average molecular weight is 307 g/mol. The summed E-state index contributed by atoms with van der Waals surface area (Å²) in [5, 5.41) is 10.7. The van der Waals surface area contributed by atoms with Crippen LogP contribution in [0.1, 0.15) is 28.9 Å². The maximum Gasteiger partial charge on any atom is 0.259 e. The van der Waals surface area contributed by atoms with Gasteiger partial charge in [-0.05, 0) is 33.9 Å². The number of aliphatic hydroxyl groups is 1. The number of amides is 1. The lowest BCUT2D eigenvalue weighted by Gasteiger charge is -2.40. The van der Waals surface area contributed by atoms with Crippen molar-refractivity contribution in [2.24, 2.45) is 7.05 Å². The number of pyridine rings is 1. The van der Waals surface area contributed by atoms with Gasteiger partial charge >= 0.3 is 0 Å². The van der Waals surface area contributed by atoms with E-state index in [9.17, 15) is 14.7 Å². The summed E-state index contributed by atoms with van der Waals surface area (Å²) in [6, 6.07) is 1.48. The minimum absolute atomic E-state index is 0.169. The Morgan fingerprint density at radius 3 is 2.77 bits per heavy atom. The van der Waals surface area contributed by atoms with Crippen LogP contribution in [0.2, 0.25) is 0 Å². The predicted molar refractivity (Wildman–Crippen MR) is 85.1 cm³/mol. The molecule has 2 heterocycles. The van der Waals surface area contributed by atoms with E-state index in [0.717, 1.165) is 12.1 Å². The molecule has 1 aromatic heterocycles. The first-order chi connectivity index (χ1) is 10.2. The highest BCUT2D eigenvalue weighted by Crippen LogP contribution is 2.22. The van der Waals surface area contributed by atoms with Crippen molar-refractivity contribution in [1.29, 1.82) is 0 Å². The maximum absolute atomic E-state index is 12.6. The second-order valence-corrected chi connectivity index (χ2v) is 6.60. The van der Waals surface area contributed by atoms with Gasteiger partial charge in [0.2, 0.25) is 0 Å². The van der Waals surface area contributed by atoms with Crippen molar-refractivity contribution in [3.05, 3.63) is 33.7 Å². The van der Waals surface area contributed by atoms with Crippen molar-refractivity contribution >= 4 is 5.91 Å². The fraction of sp³-hybridized carbons (Fsp3) is 0.625. The van der Waals surface area contributed by atoms with Crippen LogP contribution >= 0.6 is 0 Å². The number of likely N-dealkylation sites (N-methyl/N-ethyl adjacent to an activating group) is 1. The van der Waals surface area contributed by atoms with Crippen molar-refractivity contribution in [2.45, 2.75) is 25.4 Å². The van der Waals surface area contributed by atoms with E-state index in [2.05, 4.69) is 0 Å². The zero-order valence-corrected chi connectivity index (χ0v) is 13.8. The minimum atomic E-state index is -0.909. The second kappa shape index (κ2) is 6.22. The molecule has 1 saturated heterocycles. The molecule has 6 nitrogen and oxygen atoms in total. The molecule has 0 bridgehead atoms. The van der Waals surface area contributed by atoms with Gasteiger partial charge in [0.05, 0.1) is 12.1 Å². The van der Waals surface area contributed by atoms with Crippen LogP contribution in [-0.2, 0) is 7.05 Å². The van der Waals surface area contributed by atoms with Gasteiger partial charge in [-0.3, -0.25) is 9.59 Å². The van der Waals surface area contributed by atoms with Crippen LogP contribution in [-0.4, -0.2) is 64.7 Å². The lowest BCUT2D eigenvalue weighted by Crippen LogP contribution is -2.55. The number of rotatable bonds is 3. The Kier molecular flexibility index (Phi) is 4.72. The smallest absolute Gasteiger partial charge is 0.259 e. The lowest BCUT2D eigenvalue weighted by atomic mass is 9.92. The molecule has 1 fully saturated rings. The standard InChI is InChI=1S/C16H25N3O3/c1-12-8-14(20)13(9-18(12)4)15(21)19-7-5-6-16(22,11-19)10-17(2)3/h8-9,22H,5-7,10-11H2,1-4H3. The van der Waals surface area contributed by atoms with E-state index in [4.69, 9.17) is 0 Å². The van der Waals surface area contributed by atoms with Gasteiger partial charge < -0.3 is 19.5 Å². The fourth-order valence-electron chi connectivity index (χ4n) is 3.06. The Morgan fingerprint density at radius 2 is 2.14 bits per heavy atom. The molecule has 22 heavy (non-hydrogen) atoms. The van der Waals surface area contributed by atoms with Crippen molar-refractivity contribution in [3.63, 3.8) is 0 Å². The summed E-state index contributed by atoms with van der Waals surface area (Å²) < 4.78 is 1.77. The molecular weight excluding hydrogens is 282 g/mol. The van der Waals surface area contributed by atoms with E-state index < -0.39 is 5.60 Å². The van der Waals surface area contributed by atoms with Crippen molar-refractivity contribution < 1.29 is 9.90 Å². The monoisotopic (exact) mass is 307 g/mol. The number of aromatic nitrogens is 1. The molecule has 2 rings (SSSR count). The number of hydrogen-bond donors (Lipinski definition) is 1. The van der Waals surface area contributed by atoms with E-state index in [1.807, 2.05) is 33.0 Å². The number of carbonyl (C=O) groups excluding carboxylic acids is 1. The highest BCUT2D eigenvalue weighted by atomic mass is 16.3. The van der Waals surface area contributed by atoms with E-state index in [1.54, 1.807) is 15.7 Å². The lowest BCUT2D eigenvalue weighted by molar-refractivity contribution is -0.0392. The number of β-amino-alcohol motifs (C(OH)–C–C–N with tert-alkyl or cyclic N) is 1. The summed E-state index contributed by atoms with van der Waals surface area (Å²) in [4.78, 5) is 28.2. The van der Waals surface area contributed by atoms with Gasteiger partial charge in [-0.25, -0.2) is 0 Å². The van der Waals surface area contributed by atoms with Crippen molar-refractivity contribution in [1.82, 2.24) is 14.4 Å². The first-order valence-corrected chi connectivity index (χ1v) is 7.55. The van der Waals surface area contributed by atoms with E-state index in [-0.39, 0.29) is 23.4 Å². The second-order valence-electron chi connectivity index (χ2n) is 6.60. The number of likely N-dealkylation sites (tertiary alicyclic amines) is 1. The number of aryl methyl sites for hydroxylation is 2. The molecule has 1 unspecified atom stereocenters. The van der Waals surface area contributed by atoms with Gasteiger partial charge in [0, 0.05) is 38.1 Å². The highest BCUT2D eigenvalue weighted by Gasteiger charge is 2.36. The molecule has 1 aromatic rings. The SMILES string of the molecule is Cc1cc(=O)c(C(=O)N2CCCC(O)(CN(C)C)C2)cn1C. The van der Waals surface area contributed by atoms with Crippen LogP contribution in [0.4, 0.5) is 0 Å². The maximum atomic E-state index is 12.6. The van der Waals surface area contributed by atoms with Crippen molar-refractivity contribution in [2.75, 3.05) is 33.7 Å².